The fourth-order valence-corrected chi connectivity index (χ4v) is 3.34. The Kier molecular flexibility index (Phi) is 5.83. The van der Waals surface area contributed by atoms with Crippen molar-refractivity contribution in [2.24, 2.45) is 5.92 Å². The number of hydrogen-bond acceptors (Lipinski definition) is 1. The molecule has 1 N–H and O–H groups in total. The van der Waals surface area contributed by atoms with E-state index in [0.29, 0.717) is 12.0 Å². The van der Waals surface area contributed by atoms with Crippen LogP contribution in [-0.2, 0) is 6.42 Å². The number of nitrogens with one attached hydrogen (secondary N) is 1. The summed E-state index contributed by atoms with van der Waals surface area (Å²) in [4.78, 5) is 0. The maximum Gasteiger partial charge on any atom is 0.127 e. The van der Waals surface area contributed by atoms with E-state index in [0.717, 1.165) is 23.0 Å². The molecule has 0 radical (unpaired) electrons. The predicted molar refractivity (Wildman–Crippen MR) is 81.8 cm³/mol. The number of halogens is 2. The first kappa shape index (κ1) is 15.0. The van der Waals surface area contributed by atoms with Gasteiger partial charge < -0.3 is 5.32 Å². The van der Waals surface area contributed by atoms with E-state index in [-0.39, 0.29) is 5.82 Å². The zero-order valence-corrected chi connectivity index (χ0v) is 13.2. The summed E-state index contributed by atoms with van der Waals surface area (Å²) >= 11 is 3.31. The number of benzene rings is 1. The van der Waals surface area contributed by atoms with Gasteiger partial charge in [-0.2, -0.15) is 0 Å². The molecule has 1 fully saturated rings. The minimum absolute atomic E-state index is 0.0713. The summed E-state index contributed by atoms with van der Waals surface area (Å²) in [6.45, 7) is 3.30. The van der Waals surface area contributed by atoms with Crippen LogP contribution in [0.15, 0.2) is 22.7 Å². The van der Waals surface area contributed by atoms with Crippen molar-refractivity contribution in [3.63, 3.8) is 0 Å². The van der Waals surface area contributed by atoms with Gasteiger partial charge in [-0.05, 0) is 55.8 Å². The van der Waals surface area contributed by atoms with Crippen molar-refractivity contribution in [3.05, 3.63) is 34.1 Å². The lowest BCUT2D eigenvalue weighted by Gasteiger charge is -2.30. The third-order valence-corrected chi connectivity index (χ3v) is 4.48. The van der Waals surface area contributed by atoms with Gasteiger partial charge in [0.15, 0.2) is 0 Å². The summed E-state index contributed by atoms with van der Waals surface area (Å²) in [5.41, 5.74) is 0.865. The topological polar surface area (TPSA) is 12.0 Å². The lowest BCUT2D eigenvalue weighted by molar-refractivity contribution is 0.282. The molecule has 2 rings (SSSR count). The van der Waals surface area contributed by atoms with E-state index in [2.05, 4.69) is 28.2 Å². The van der Waals surface area contributed by atoms with Crippen LogP contribution < -0.4 is 5.32 Å². The van der Waals surface area contributed by atoms with E-state index in [9.17, 15) is 4.39 Å². The monoisotopic (exact) mass is 327 g/mol. The highest BCUT2D eigenvalue weighted by molar-refractivity contribution is 9.10. The summed E-state index contributed by atoms with van der Waals surface area (Å²) in [7, 11) is 0. The molecule has 0 spiro atoms. The molecule has 0 saturated heterocycles. The highest BCUT2D eigenvalue weighted by Crippen LogP contribution is 2.28. The SMILES string of the molecule is CCCNC1CCCC(Cc2ccc(Br)cc2F)C1. The molecular formula is C16H23BrFN. The zero-order chi connectivity index (χ0) is 13.7. The minimum Gasteiger partial charge on any atom is -0.314 e. The van der Waals surface area contributed by atoms with Gasteiger partial charge in [0.25, 0.3) is 0 Å². The molecule has 19 heavy (non-hydrogen) atoms. The maximum atomic E-state index is 13.9. The Balaban J connectivity index is 1.91. The second-order valence-electron chi connectivity index (χ2n) is 5.62. The quantitative estimate of drug-likeness (QED) is 0.827. The van der Waals surface area contributed by atoms with Crippen molar-refractivity contribution in [2.75, 3.05) is 6.54 Å². The highest BCUT2D eigenvalue weighted by atomic mass is 79.9. The molecule has 1 nitrogen and oxygen atoms in total. The maximum absolute atomic E-state index is 13.9. The van der Waals surface area contributed by atoms with Crippen LogP contribution in [0.2, 0.25) is 0 Å². The largest absolute Gasteiger partial charge is 0.314 e. The van der Waals surface area contributed by atoms with Crippen LogP contribution in [0.4, 0.5) is 4.39 Å². The number of hydrogen-bond donors (Lipinski definition) is 1. The molecule has 106 valence electrons. The van der Waals surface area contributed by atoms with Gasteiger partial charge in [0.2, 0.25) is 0 Å². The first-order valence-electron chi connectivity index (χ1n) is 7.36. The fraction of sp³-hybridized carbons (Fsp3) is 0.625. The minimum atomic E-state index is -0.0713. The van der Waals surface area contributed by atoms with Gasteiger partial charge in [-0.1, -0.05) is 41.8 Å². The van der Waals surface area contributed by atoms with Crippen molar-refractivity contribution in [2.45, 2.75) is 51.5 Å². The van der Waals surface area contributed by atoms with E-state index in [1.165, 1.54) is 32.1 Å². The smallest absolute Gasteiger partial charge is 0.127 e. The Labute approximate surface area is 124 Å². The third kappa shape index (κ3) is 4.57. The van der Waals surface area contributed by atoms with Gasteiger partial charge in [0.05, 0.1) is 0 Å². The number of rotatable bonds is 5. The Hall–Kier alpha value is -0.410. The predicted octanol–water partition coefficient (Wildman–Crippen LogP) is 4.69. The molecule has 0 heterocycles. The van der Waals surface area contributed by atoms with Crippen molar-refractivity contribution < 1.29 is 4.39 Å². The molecule has 2 unspecified atom stereocenters. The molecule has 0 amide bonds. The van der Waals surface area contributed by atoms with Crippen LogP contribution in [0.3, 0.4) is 0 Å². The van der Waals surface area contributed by atoms with E-state index in [1.54, 1.807) is 6.07 Å². The standard InChI is InChI=1S/C16H23BrFN/c1-2-8-19-15-5-3-4-12(10-15)9-13-6-7-14(17)11-16(13)18/h6-7,11-12,15,19H,2-5,8-10H2,1H3. The average molecular weight is 328 g/mol. The normalized spacial score (nSPS) is 23.5. The Bertz CT molecular complexity index is 408. The van der Waals surface area contributed by atoms with Crippen LogP contribution >= 0.6 is 15.9 Å². The second kappa shape index (κ2) is 7.39. The molecule has 1 aromatic rings. The Morgan fingerprint density at radius 1 is 1.37 bits per heavy atom. The van der Waals surface area contributed by atoms with E-state index >= 15 is 0 Å². The molecule has 1 aliphatic rings. The van der Waals surface area contributed by atoms with E-state index < -0.39 is 0 Å². The zero-order valence-electron chi connectivity index (χ0n) is 11.6. The molecule has 1 aliphatic carbocycles. The molecule has 0 aromatic heterocycles. The fourth-order valence-electron chi connectivity index (χ4n) is 3.01. The van der Waals surface area contributed by atoms with E-state index in [1.807, 2.05) is 12.1 Å². The van der Waals surface area contributed by atoms with Crippen LogP contribution in [0.5, 0.6) is 0 Å². The van der Waals surface area contributed by atoms with Gasteiger partial charge in [0, 0.05) is 10.5 Å². The first-order valence-corrected chi connectivity index (χ1v) is 8.15. The van der Waals surface area contributed by atoms with Crippen molar-refractivity contribution in [1.82, 2.24) is 5.32 Å². The summed E-state index contributed by atoms with van der Waals surface area (Å²) in [6.07, 6.45) is 7.03. The lowest BCUT2D eigenvalue weighted by Crippen LogP contribution is -2.35. The highest BCUT2D eigenvalue weighted by Gasteiger charge is 2.22. The third-order valence-electron chi connectivity index (χ3n) is 3.99. The van der Waals surface area contributed by atoms with Crippen LogP contribution in [-0.4, -0.2) is 12.6 Å². The lowest BCUT2D eigenvalue weighted by atomic mass is 9.82. The van der Waals surface area contributed by atoms with Gasteiger partial charge >= 0.3 is 0 Å². The molecule has 0 bridgehead atoms. The summed E-state index contributed by atoms with van der Waals surface area (Å²) in [5, 5.41) is 3.61. The first-order chi connectivity index (χ1) is 9.19. The summed E-state index contributed by atoms with van der Waals surface area (Å²) in [6, 6.07) is 6.07. The van der Waals surface area contributed by atoms with Crippen molar-refractivity contribution >= 4 is 15.9 Å². The van der Waals surface area contributed by atoms with Gasteiger partial charge in [-0.15, -0.1) is 0 Å². The average Bonchev–Trinajstić information content (AvgIpc) is 2.40. The van der Waals surface area contributed by atoms with Crippen molar-refractivity contribution in [1.29, 1.82) is 0 Å². The Morgan fingerprint density at radius 3 is 2.95 bits per heavy atom. The Morgan fingerprint density at radius 2 is 2.21 bits per heavy atom. The molecule has 2 atom stereocenters. The van der Waals surface area contributed by atoms with Crippen molar-refractivity contribution in [3.8, 4) is 0 Å². The van der Waals surface area contributed by atoms with Gasteiger partial charge in [0.1, 0.15) is 5.82 Å². The molecular weight excluding hydrogens is 305 g/mol. The summed E-state index contributed by atoms with van der Waals surface area (Å²) in [5.74, 6) is 0.553. The molecule has 0 aliphatic heterocycles. The van der Waals surface area contributed by atoms with Gasteiger partial charge in [-0.25, -0.2) is 4.39 Å². The van der Waals surface area contributed by atoms with Crippen LogP contribution in [0.1, 0.15) is 44.6 Å². The van der Waals surface area contributed by atoms with E-state index in [4.69, 9.17) is 0 Å². The molecule has 1 saturated carbocycles. The molecule has 3 heteroatoms. The van der Waals surface area contributed by atoms with Gasteiger partial charge in [-0.3, -0.25) is 0 Å². The second-order valence-corrected chi connectivity index (χ2v) is 6.54. The van der Waals surface area contributed by atoms with Crippen LogP contribution in [0.25, 0.3) is 0 Å². The van der Waals surface area contributed by atoms with Crippen LogP contribution in [0, 0.1) is 11.7 Å². The summed E-state index contributed by atoms with van der Waals surface area (Å²) < 4.78 is 14.7. The molecule has 1 aromatic carbocycles.